The predicted molar refractivity (Wildman–Crippen MR) is 76.7 cm³/mol. The van der Waals surface area contributed by atoms with E-state index in [9.17, 15) is 0 Å². The molecule has 1 saturated carbocycles. The van der Waals surface area contributed by atoms with Crippen molar-refractivity contribution in [1.29, 1.82) is 0 Å². The molecule has 0 unspecified atom stereocenters. The molecule has 3 heteroatoms. The molecular formula is C15H25N3. The van der Waals surface area contributed by atoms with Crippen LogP contribution in [-0.4, -0.2) is 18.1 Å². The van der Waals surface area contributed by atoms with E-state index < -0.39 is 0 Å². The van der Waals surface area contributed by atoms with Gasteiger partial charge in [0.25, 0.3) is 0 Å². The Bertz CT molecular complexity index is 355. The molecule has 0 spiro atoms. The van der Waals surface area contributed by atoms with Gasteiger partial charge < -0.3 is 10.6 Å². The molecule has 1 aromatic heterocycles. The van der Waals surface area contributed by atoms with Gasteiger partial charge in [-0.25, -0.2) is 0 Å². The zero-order chi connectivity index (χ0) is 13.0. The minimum Gasteiger partial charge on any atom is -0.370 e. The van der Waals surface area contributed by atoms with E-state index in [0.717, 1.165) is 12.1 Å². The Morgan fingerprint density at radius 1 is 1.33 bits per heavy atom. The molecule has 2 N–H and O–H groups in total. The smallest absolute Gasteiger partial charge is 0.0572 e. The van der Waals surface area contributed by atoms with Gasteiger partial charge in [0, 0.05) is 19.1 Å². The van der Waals surface area contributed by atoms with Crippen LogP contribution in [0.3, 0.4) is 0 Å². The summed E-state index contributed by atoms with van der Waals surface area (Å²) in [6.07, 6.45) is 9.65. The van der Waals surface area contributed by atoms with E-state index in [2.05, 4.69) is 36.0 Å². The fourth-order valence-corrected chi connectivity index (χ4v) is 2.71. The summed E-state index contributed by atoms with van der Waals surface area (Å²) in [5.74, 6) is 0. The zero-order valence-corrected chi connectivity index (χ0v) is 11.6. The standard InChI is InChI=1S/C15H25N3/c1-3-14(16)15-10-9-13(11-17-15)18(2)12-7-5-4-6-8-12/h9-12,14H,3-8,16H2,1-2H3/t14-/m0/s1. The lowest BCUT2D eigenvalue weighted by Crippen LogP contribution is -2.33. The quantitative estimate of drug-likeness (QED) is 0.888. The van der Waals surface area contributed by atoms with Gasteiger partial charge >= 0.3 is 0 Å². The van der Waals surface area contributed by atoms with E-state index >= 15 is 0 Å². The highest BCUT2D eigenvalue weighted by atomic mass is 15.1. The number of hydrogen-bond donors (Lipinski definition) is 1. The Morgan fingerprint density at radius 3 is 2.61 bits per heavy atom. The molecule has 2 rings (SSSR count). The van der Waals surface area contributed by atoms with E-state index in [1.54, 1.807) is 0 Å². The summed E-state index contributed by atoms with van der Waals surface area (Å²) in [4.78, 5) is 6.88. The van der Waals surface area contributed by atoms with Gasteiger partial charge in [-0.1, -0.05) is 26.2 Å². The van der Waals surface area contributed by atoms with Crippen LogP contribution >= 0.6 is 0 Å². The van der Waals surface area contributed by atoms with Gasteiger partial charge in [0.1, 0.15) is 0 Å². The SMILES string of the molecule is CC[C@H](N)c1ccc(N(C)C2CCCCC2)cn1. The summed E-state index contributed by atoms with van der Waals surface area (Å²) in [6, 6.07) is 4.99. The van der Waals surface area contributed by atoms with Crippen molar-refractivity contribution in [2.45, 2.75) is 57.5 Å². The molecule has 0 bridgehead atoms. The highest BCUT2D eigenvalue weighted by molar-refractivity contribution is 5.45. The summed E-state index contributed by atoms with van der Waals surface area (Å²) in [5.41, 5.74) is 8.20. The summed E-state index contributed by atoms with van der Waals surface area (Å²) >= 11 is 0. The summed E-state index contributed by atoms with van der Waals surface area (Å²) in [6.45, 7) is 2.09. The first-order valence-electron chi connectivity index (χ1n) is 7.16. The normalized spacial score (nSPS) is 18.6. The molecule has 0 radical (unpaired) electrons. The average Bonchev–Trinajstić information content (AvgIpc) is 2.47. The lowest BCUT2D eigenvalue weighted by atomic mass is 9.94. The fourth-order valence-electron chi connectivity index (χ4n) is 2.71. The molecule has 0 amide bonds. The second-order valence-electron chi connectivity index (χ2n) is 5.36. The number of hydrogen-bond acceptors (Lipinski definition) is 3. The van der Waals surface area contributed by atoms with Crippen LogP contribution < -0.4 is 10.6 Å². The highest BCUT2D eigenvalue weighted by Gasteiger charge is 2.18. The minimum atomic E-state index is 0.0686. The Balaban J connectivity index is 2.03. The van der Waals surface area contributed by atoms with E-state index in [0.29, 0.717) is 6.04 Å². The molecule has 0 saturated heterocycles. The van der Waals surface area contributed by atoms with Crippen molar-refractivity contribution in [3.8, 4) is 0 Å². The van der Waals surface area contributed by atoms with Crippen LogP contribution in [-0.2, 0) is 0 Å². The summed E-state index contributed by atoms with van der Waals surface area (Å²) in [5, 5.41) is 0. The highest BCUT2D eigenvalue weighted by Crippen LogP contribution is 2.26. The zero-order valence-electron chi connectivity index (χ0n) is 11.6. The maximum atomic E-state index is 5.99. The van der Waals surface area contributed by atoms with Crippen molar-refractivity contribution in [2.24, 2.45) is 5.73 Å². The molecule has 0 aromatic carbocycles. The van der Waals surface area contributed by atoms with Crippen LogP contribution in [0.5, 0.6) is 0 Å². The van der Waals surface area contributed by atoms with Gasteiger partial charge in [0.05, 0.1) is 17.6 Å². The predicted octanol–water partition coefficient (Wildman–Crippen LogP) is 3.26. The second kappa shape index (κ2) is 6.19. The molecule has 100 valence electrons. The number of pyridine rings is 1. The third-order valence-corrected chi connectivity index (χ3v) is 4.12. The van der Waals surface area contributed by atoms with Crippen LogP contribution in [0.15, 0.2) is 18.3 Å². The van der Waals surface area contributed by atoms with Crippen molar-refractivity contribution in [3.63, 3.8) is 0 Å². The van der Waals surface area contributed by atoms with Gasteiger partial charge in [-0.3, -0.25) is 4.98 Å². The van der Waals surface area contributed by atoms with E-state index in [1.165, 1.54) is 37.8 Å². The van der Waals surface area contributed by atoms with E-state index in [1.807, 2.05) is 6.20 Å². The second-order valence-corrected chi connectivity index (χ2v) is 5.36. The third-order valence-electron chi connectivity index (χ3n) is 4.12. The van der Waals surface area contributed by atoms with Crippen molar-refractivity contribution < 1.29 is 0 Å². The van der Waals surface area contributed by atoms with Crippen molar-refractivity contribution in [2.75, 3.05) is 11.9 Å². The first-order valence-corrected chi connectivity index (χ1v) is 7.16. The summed E-state index contributed by atoms with van der Waals surface area (Å²) < 4.78 is 0. The Hall–Kier alpha value is -1.09. The van der Waals surface area contributed by atoms with Crippen molar-refractivity contribution in [1.82, 2.24) is 4.98 Å². The Labute approximate surface area is 110 Å². The Morgan fingerprint density at radius 2 is 2.06 bits per heavy atom. The van der Waals surface area contributed by atoms with Gasteiger partial charge in [0.15, 0.2) is 0 Å². The topological polar surface area (TPSA) is 42.1 Å². The van der Waals surface area contributed by atoms with Crippen molar-refractivity contribution >= 4 is 5.69 Å². The molecular weight excluding hydrogens is 222 g/mol. The molecule has 1 aromatic rings. The number of rotatable bonds is 4. The number of anilines is 1. The van der Waals surface area contributed by atoms with Crippen LogP contribution in [0, 0.1) is 0 Å². The maximum absolute atomic E-state index is 5.99. The maximum Gasteiger partial charge on any atom is 0.0572 e. The molecule has 1 aliphatic rings. The average molecular weight is 247 g/mol. The van der Waals surface area contributed by atoms with Crippen LogP contribution in [0.25, 0.3) is 0 Å². The summed E-state index contributed by atoms with van der Waals surface area (Å²) in [7, 11) is 2.19. The molecule has 1 heterocycles. The fraction of sp³-hybridized carbons (Fsp3) is 0.667. The minimum absolute atomic E-state index is 0.0686. The first kappa shape index (κ1) is 13.3. The molecule has 1 fully saturated rings. The molecule has 1 aliphatic carbocycles. The molecule has 18 heavy (non-hydrogen) atoms. The van der Waals surface area contributed by atoms with E-state index in [4.69, 9.17) is 5.73 Å². The Kier molecular flexibility index (Phi) is 4.59. The van der Waals surface area contributed by atoms with Gasteiger partial charge in [0.2, 0.25) is 0 Å². The molecule has 0 aliphatic heterocycles. The first-order chi connectivity index (χ1) is 8.72. The van der Waals surface area contributed by atoms with Gasteiger partial charge in [-0.2, -0.15) is 0 Å². The third kappa shape index (κ3) is 3.02. The van der Waals surface area contributed by atoms with Gasteiger partial charge in [-0.05, 0) is 31.4 Å². The molecule has 1 atom stereocenters. The number of aromatic nitrogens is 1. The van der Waals surface area contributed by atoms with E-state index in [-0.39, 0.29) is 6.04 Å². The van der Waals surface area contributed by atoms with Gasteiger partial charge in [-0.15, -0.1) is 0 Å². The van der Waals surface area contributed by atoms with Crippen LogP contribution in [0.1, 0.15) is 57.2 Å². The van der Waals surface area contributed by atoms with Crippen LogP contribution in [0.4, 0.5) is 5.69 Å². The monoisotopic (exact) mass is 247 g/mol. The lowest BCUT2D eigenvalue weighted by molar-refractivity contribution is 0.427. The number of nitrogens with zero attached hydrogens (tertiary/aromatic N) is 2. The van der Waals surface area contributed by atoms with Crippen molar-refractivity contribution in [3.05, 3.63) is 24.0 Å². The molecule has 3 nitrogen and oxygen atoms in total. The largest absolute Gasteiger partial charge is 0.370 e. The number of nitrogens with two attached hydrogens (primary N) is 1. The van der Waals surface area contributed by atoms with Crippen LogP contribution in [0.2, 0.25) is 0 Å². The lowest BCUT2D eigenvalue weighted by Gasteiger charge is -2.32.